The zero-order chi connectivity index (χ0) is 24.5. The van der Waals surface area contributed by atoms with Crippen molar-refractivity contribution >= 4 is 39.6 Å². The van der Waals surface area contributed by atoms with Gasteiger partial charge >= 0.3 is 6.09 Å². The minimum Gasteiger partial charge on any atom is -0.444 e. The number of nitrogens with zero attached hydrogens (tertiary/aromatic N) is 3. The number of nitrogens with one attached hydrogen (secondary N) is 2. The number of nitro benzene ring substituents is 1. The largest absolute Gasteiger partial charge is 0.444 e. The molecule has 0 fully saturated rings. The summed E-state index contributed by atoms with van der Waals surface area (Å²) in [4.78, 5) is 28.3. The molecule has 0 saturated heterocycles. The number of amides is 1. The average molecular weight is 460 g/mol. The van der Waals surface area contributed by atoms with Crippen LogP contribution in [0.2, 0.25) is 0 Å². The van der Waals surface area contributed by atoms with Gasteiger partial charge in [-0.1, -0.05) is 6.08 Å². The maximum absolute atomic E-state index is 12.3. The van der Waals surface area contributed by atoms with Crippen molar-refractivity contribution in [2.75, 3.05) is 18.4 Å². The highest BCUT2D eigenvalue weighted by Gasteiger charge is 2.24. The fourth-order valence-electron chi connectivity index (χ4n) is 3.88. The molecule has 0 spiro atoms. The van der Waals surface area contributed by atoms with Gasteiger partial charge in [-0.15, -0.1) is 0 Å². The van der Waals surface area contributed by atoms with Gasteiger partial charge in [0.25, 0.3) is 5.69 Å². The Labute approximate surface area is 196 Å². The summed E-state index contributed by atoms with van der Waals surface area (Å²) in [6, 6.07) is 11.9. The van der Waals surface area contributed by atoms with E-state index in [9.17, 15) is 14.9 Å². The van der Waals surface area contributed by atoms with Gasteiger partial charge in [0.05, 0.1) is 16.6 Å². The van der Waals surface area contributed by atoms with E-state index in [-0.39, 0.29) is 17.3 Å². The minimum atomic E-state index is -0.536. The van der Waals surface area contributed by atoms with Crippen LogP contribution in [-0.4, -0.2) is 39.6 Å². The number of H-pyrrole nitrogens is 1. The topological polar surface area (TPSA) is 124 Å². The first-order valence-corrected chi connectivity index (χ1v) is 10.9. The molecule has 3 aromatic rings. The third kappa shape index (κ3) is 4.86. The first kappa shape index (κ1) is 22.9. The lowest BCUT2D eigenvalue weighted by molar-refractivity contribution is -0.383. The lowest BCUT2D eigenvalue weighted by Crippen LogP contribution is -2.39. The molecule has 0 atom stereocenters. The number of ether oxygens (including phenoxy) is 1. The second-order valence-corrected chi connectivity index (χ2v) is 9.09. The van der Waals surface area contributed by atoms with E-state index >= 15 is 0 Å². The molecule has 0 saturated carbocycles. The van der Waals surface area contributed by atoms with Crippen molar-refractivity contribution in [2.45, 2.75) is 32.8 Å². The van der Waals surface area contributed by atoms with Crippen molar-refractivity contribution in [1.82, 2.24) is 9.88 Å². The Balaban J connectivity index is 1.58. The molecule has 2 heterocycles. The molecule has 1 aliphatic rings. The van der Waals surface area contributed by atoms with Crippen LogP contribution >= 0.6 is 0 Å². The molecule has 34 heavy (non-hydrogen) atoms. The number of nitro groups is 1. The first-order valence-electron chi connectivity index (χ1n) is 10.9. The van der Waals surface area contributed by atoms with Gasteiger partial charge in [0, 0.05) is 47.5 Å². The number of benzene rings is 2. The molecule has 9 heteroatoms. The van der Waals surface area contributed by atoms with Crippen molar-refractivity contribution < 1.29 is 14.5 Å². The Morgan fingerprint density at radius 3 is 2.71 bits per heavy atom. The number of carbonyl (C=O) groups is 1. The third-order valence-corrected chi connectivity index (χ3v) is 5.49. The van der Waals surface area contributed by atoms with Crippen molar-refractivity contribution in [3.8, 4) is 6.07 Å². The SMILES string of the molecule is CC(C)(C)OC(=O)N1CC=C(c2c[nH]c3ccc(Nc4ccc(C#N)cc4[N+](=O)[O-])cc23)CC1. The molecule has 0 aliphatic carbocycles. The summed E-state index contributed by atoms with van der Waals surface area (Å²) in [6.45, 7) is 6.57. The second-order valence-electron chi connectivity index (χ2n) is 9.09. The van der Waals surface area contributed by atoms with Crippen LogP contribution in [0.3, 0.4) is 0 Å². The van der Waals surface area contributed by atoms with Crippen LogP contribution in [0.15, 0.2) is 48.7 Å². The van der Waals surface area contributed by atoms with E-state index in [1.807, 2.05) is 57.3 Å². The van der Waals surface area contributed by atoms with Crippen LogP contribution in [-0.2, 0) is 4.74 Å². The summed E-state index contributed by atoms with van der Waals surface area (Å²) < 4.78 is 5.46. The Bertz CT molecular complexity index is 1340. The first-order chi connectivity index (χ1) is 16.1. The van der Waals surface area contributed by atoms with E-state index in [2.05, 4.69) is 10.3 Å². The highest BCUT2D eigenvalue weighted by Crippen LogP contribution is 2.34. The monoisotopic (exact) mass is 459 g/mol. The molecule has 1 amide bonds. The zero-order valence-electron chi connectivity index (χ0n) is 19.2. The van der Waals surface area contributed by atoms with E-state index < -0.39 is 10.5 Å². The van der Waals surface area contributed by atoms with Crippen LogP contribution in [0.1, 0.15) is 38.3 Å². The lowest BCUT2D eigenvalue weighted by Gasteiger charge is -2.29. The summed E-state index contributed by atoms with van der Waals surface area (Å²) in [6.07, 6.45) is 4.33. The van der Waals surface area contributed by atoms with Crippen molar-refractivity contribution in [3.63, 3.8) is 0 Å². The number of hydrogen-bond donors (Lipinski definition) is 2. The second kappa shape index (κ2) is 8.90. The maximum atomic E-state index is 12.3. The predicted octanol–water partition coefficient (Wildman–Crippen LogP) is 5.72. The number of fused-ring (bicyclic) bond motifs is 1. The van der Waals surface area contributed by atoms with Gasteiger partial charge in [-0.3, -0.25) is 10.1 Å². The molecule has 1 aromatic heterocycles. The summed E-state index contributed by atoms with van der Waals surface area (Å²) in [7, 11) is 0. The Hall–Kier alpha value is -4.32. The van der Waals surface area contributed by atoms with E-state index in [4.69, 9.17) is 10.00 Å². The fourth-order valence-corrected chi connectivity index (χ4v) is 3.88. The number of rotatable bonds is 4. The maximum Gasteiger partial charge on any atom is 0.410 e. The molecular formula is C25H25N5O4. The number of carbonyl (C=O) groups excluding carboxylic acids is 1. The van der Waals surface area contributed by atoms with E-state index in [1.165, 1.54) is 12.1 Å². The van der Waals surface area contributed by atoms with Crippen molar-refractivity contribution in [3.05, 3.63) is 69.9 Å². The van der Waals surface area contributed by atoms with Crippen molar-refractivity contribution in [1.29, 1.82) is 5.26 Å². The van der Waals surface area contributed by atoms with E-state index in [0.717, 1.165) is 22.0 Å². The van der Waals surface area contributed by atoms with Crippen molar-refractivity contribution in [2.24, 2.45) is 0 Å². The highest BCUT2D eigenvalue weighted by atomic mass is 16.6. The Morgan fingerprint density at radius 1 is 1.26 bits per heavy atom. The van der Waals surface area contributed by atoms with Gasteiger partial charge in [-0.25, -0.2) is 4.79 Å². The van der Waals surface area contributed by atoms with Gasteiger partial charge in [-0.2, -0.15) is 5.26 Å². The van der Waals surface area contributed by atoms with Crippen LogP contribution in [0.25, 0.3) is 16.5 Å². The summed E-state index contributed by atoms with van der Waals surface area (Å²) in [5.74, 6) is 0. The fraction of sp³-hybridized carbons (Fsp3) is 0.280. The van der Waals surface area contributed by atoms with Gasteiger partial charge in [0.1, 0.15) is 11.3 Å². The van der Waals surface area contributed by atoms with Crippen LogP contribution in [0, 0.1) is 21.4 Å². The van der Waals surface area contributed by atoms with Gasteiger partial charge in [0.2, 0.25) is 0 Å². The van der Waals surface area contributed by atoms with E-state index in [0.29, 0.717) is 30.9 Å². The molecule has 0 bridgehead atoms. The van der Waals surface area contributed by atoms with Crippen LogP contribution in [0.4, 0.5) is 21.9 Å². The molecule has 2 aromatic carbocycles. The van der Waals surface area contributed by atoms with Crippen LogP contribution < -0.4 is 5.32 Å². The molecule has 0 radical (unpaired) electrons. The molecule has 9 nitrogen and oxygen atoms in total. The number of aromatic nitrogens is 1. The van der Waals surface area contributed by atoms with Gasteiger partial charge < -0.3 is 19.9 Å². The highest BCUT2D eigenvalue weighted by molar-refractivity contribution is 5.95. The zero-order valence-corrected chi connectivity index (χ0v) is 19.2. The molecule has 174 valence electrons. The molecule has 0 unspecified atom stereocenters. The number of aromatic amines is 1. The Morgan fingerprint density at radius 2 is 2.06 bits per heavy atom. The van der Waals surface area contributed by atoms with Gasteiger partial charge in [-0.05, 0) is 63.1 Å². The number of anilines is 2. The standard InChI is InChI=1S/C25H25N5O4/c1-25(2,3)34-24(31)29-10-8-17(9-11-29)20-15-27-21-7-5-18(13-19(20)21)28-22-6-4-16(14-26)12-23(22)30(32)33/h4-8,12-13,15,27-28H,9-11H2,1-3H3. The quantitative estimate of drug-likeness (QED) is 0.380. The van der Waals surface area contributed by atoms with Crippen LogP contribution in [0.5, 0.6) is 0 Å². The van der Waals surface area contributed by atoms with Gasteiger partial charge in [0.15, 0.2) is 0 Å². The number of hydrogen-bond acceptors (Lipinski definition) is 6. The lowest BCUT2D eigenvalue weighted by atomic mass is 9.99. The smallest absolute Gasteiger partial charge is 0.410 e. The summed E-state index contributed by atoms with van der Waals surface area (Å²) in [5, 5.41) is 24.6. The normalized spacial score (nSPS) is 13.8. The number of nitriles is 1. The Kier molecular flexibility index (Phi) is 5.99. The average Bonchev–Trinajstić information content (AvgIpc) is 3.21. The minimum absolute atomic E-state index is 0.161. The molecule has 1 aliphatic heterocycles. The molecule has 4 rings (SSSR count). The summed E-state index contributed by atoms with van der Waals surface area (Å²) >= 11 is 0. The predicted molar refractivity (Wildman–Crippen MR) is 130 cm³/mol. The third-order valence-electron chi connectivity index (χ3n) is 5.49. The molecular weight excluding hydrogens is 434 g/mol. The molecule has 2 N–H and O–H groups in total. The summed E-state index contributed by atoms with van der Waals surface area (Å²) in [5.41, 5.74) is 3.61. The van der Waals surface area contributed by atoms with E-state index in [1.54, 1.807) is 11.0 Å².